The molecule has 2 aromatic rings. The van der Waals surface area contributed by atoms with Crippen LogP contribution in [0.1, 0.15) is 49.5 Å². The zero-order chi connectivity index (χ0) is 16.7. The van der Waals surface area contributed by atoms with Crippen LogP contribution in [-0.2, 0) is 28.9 Å². The Morgan fingerprint density at radius 3 is 2.92 bits per heavy atom. The van der Waals surface area contributed by atoms with Gasteiger partial charge >= 0.3 is 5.97 Å². The lowest BCUT2D eigenvalue weighted by Gasteiger charge is -2.17. The molecular weight excluding hydrogens is 326 g/mol. The summed E-state index contributed by atoms with van der Waals surface area (Å²) in [5.74, 6) is 0.248. The molecule has 2 aliphatic carbocycles. The number of hydrogen-bond acceptors (Lipinski definition) is 6. The highest BCUT2D eigenvalue weighted by Crippen LogP contribution is 2.35. The highest BCUT2D eigenvalue weighted by atomic mass is 32.1. The minimum absolute atomic E-state index is 0.000266. The molecule has 0 spiro atoms. The van der Waals surface area contributed by atoms with Gasteiger partial charge < -0.3 is 4.74 Å². The van der Waals surface area contributed by atoms with Crippen molar-refractivity contribution >= 4 is 27.5 Å². The van der Waals surface area contributed by atoms with Gasteiger partial charge in [0.2, 0.25) is 0 Å². The second kappa shape index (κ2) is 6.27. The van der Waals surface area contributed by atoms with Crippen LogP contribution < -0.4 is 5.56 Å². The molecule has 24 heavy (non-hydrogen) atoms. The van der Waals surface area contributed by atoms with Crippen LogP contribution in [-0.4, -0.2) is 27.1 Å². The highest BCUT2D eigenvalue weighted by Gasteiger charge is 2.25. The fraction of sp³-hybridized carbons (Fsp3) is 0.647. The number of carbonyl (C=O) groups is 1. The van der Waals surface area contributed by atoms with Crippen molar-refractivity contribution in [3.63, 3.8) is 0 Å². The molecule has 0 aromatic carbocycles. The number of aryl methyl sites for hydroxylation is 1. The summed E-state index contributed by atoms with van der Waals surface area (Å²) in [4.78, 5) is 26.8. The van der Waals surface area contributed by atoms with Crippen LogP contribution in [0, 0.1) is 5.92 Å². The van der Waals surface area contributed by atoms with Gasteiger partial charge in [0.15, 0.2) is 4.83 Å². The van der Waals surface area contributed by atoms with Gasteiger partial charge in [0, 0.05) is 4.88 Å². The van der Waals surface area contributed by atoms with E-state index in [1.807, 2.05) is 0 Å². The van der Waals surface area contributed by atoms with Gasteiger partial charge in [-0.1, -0.05) is 12.1 Å². The molecule has 7 heteroatoms. The van der Waals surface area contributed by atoms with E-state index in [4.69, 9.17) is 4.74 Å². The second-order valence-corrected chi connectivity index (χ2v) is 8.06. The summed E-state index contributed by atoms with van der Waals surface area (Å²) >= 11 is 1.57. The molecule has 4 rings (SSSR count). The first-order valence-electron chi connectivity index (χ1n) is 8.69. The van der Waals surface area contributed by atoms with Crippen molar-refractivity contribution in [2.24, 2.45) is 5.92 Å². The number of fused-ring (bicyclic) bond motifs is 3. The minimum atomic E-state index is -0.393. The fourth-order valence-electron chi connectivity index (χ4n) is 3.75. The van der Waals surface area contributed by atoms with E-state index in [1.165, 1.54) is 4.88 Å². The Morgan fingerprint density at radius 2 is 2.12 bits per heavy atom. The lowest BCUT2D eigenvalue weighted by atomic mass is 9.89. The maximum absolute atomic E-state index is 12.8. The summed E-state index contributed by atoms with van der Waals surface area (Å²) in [5, 5.41) is 8.79. The Labute approximate surface area is 143 Å². The predicted octanol–water partition coefficient (Wildman–Crippen LogP) is 2.46. The zero-order valence-corrected chi connectivity index (χ0v) is 14.6. The number of carbonyl (C=O) groups excluding carboxylic acids is 1. The Bertz CT molecular complexity index is 835. The monoisotopic (exact) mass is 347 g/mol. The average molecular weight is 347 g/mol. The number of aromatic nitrogens is 3. The zero-order valence-electron chi connectivity index (χ0n) is 13.8. The molecular formula is C17H21N3O3S. The van der Waals surface area contributed by atoms with E-state index in [0.29, 0.717) is 16.1 Å². The van der Waals surface area contributed by atoms with E-state index in [0.717, 1.165) is 55.2 Å². The van der Waals surface area contributed by atoms with Crippen LogP contribution in [0.15, 0.2) is 4.79 Å². The number of hydrogen-bond donors (Lipinski definition) is 0. The summed E-state index contributed by atoms with van der Waals surface area (Å²) in [6.07, 6.45) is 7.03. The quantitative estimate of drug-likeness (QED) is 0.798. The Balaban J connectivity index is 1.61. The molecule has 0 unspecified atom stereocenters. The molecule has 1 fully saturated rings. The van der Waals surface area contributed by atoms with Crippen LogP contribution in [0.4, 0.5) is 0 Å². The number of ether oxygens (including phenoxy) is 1. The number of esters is 1. The average Bonchev–Trinajstić information content (AvgIpc) is 3.16. The van der Waals surface area contributed by atoms with Gasteiger partial charge in [-0.2, -0.15) is 4.68 Å². The summed E-state index contributed by atoms with van der Waals surface area (Å²) in [5.41, 5.74) is 0.904. The normalized spacial score (nSPS) is 21.1. The summed E-state index contributed by atoms with van der Waals surface area (Å²) < 4.78 is 6.58. The first-order chi connectivity index (χ1) is 11.6. The molecule has 0 amide bonds. The van der Waals surface area contributed by atoms with Gasteiger partial charge in [0.25, 0.3) is 5.56 Å². The van der Waals surface area contributed by atoms with Crippen molar-refractivity contribution in [3.8, 4) is 0 Å². The molecule has 2 aromatic heterocycles. The molecule has 2 aliphatic rings. The first kappa shape index (κ1) is 15.7. The lowest BCUT2D eigenvalue weighted by Crippen LogP contribution is -2.30. The van der Waals surface area contributed by atoms with E-state index < -0.39 is 5.97 Å². The third-order valence-corrected chi connectivity index (χ3v) is 6.20. The van der Waals surface area contributed by atoms with Gasteiger partial charge in [-0.3, -0.25) is 9.59 Å². The fourth-order valence-corrected chi connectivity index (χ4v) is 5.07. The highest BCUT2D eigenvalue weighted by molar-refractivity contribution is 7.18. The first-order valence-corrected chi connectivity index (χ1v) is 9.51. The summed E-state index contributed by atoms with van der Waals surface area (Å²) in [6.45, 7) is 2.08. The second-order valence-electron chi connectivity index (χ2n) is 6.98. The van der Waals surface area contributed by atoms with Gasteiger partial charge in [-0.05, 0) is 56.4 Å². The van der Waals surface area contributed by atoms with Crippen LogP contribution in [0.5, 0.6) is 0 Å². The van der Waals surface area contributed by atoms with Crippen molar-refractivity contribution < 1.29 is 9.53 Å². The molecule has 1 saturated carbocycles. The van der Waals surface area contributed by atoms with Gasteiger partial charge in [-0.15, -0.1) is 16.4 Å². The summed E-state index contributed by atoms with van der Waals surface area (Å²) in [7, 11) is 0. The topological polar surface area (TPSA) is 74.1 Å². The maximum atomic E-state index is 12.8. The van der Waals surface area contributed by atoms with E-state index in [1.54, 1.807) is 11.3 Å². The minimum Gasteiger partial charge on any atom is -0.461 e. The molecule has 0 radical (unpaired) electrons. The standard InChI is InChI=1S/C17H21N3O3S/c1-10-6-7-12-13(8-10)24-16-15(12)17(22)20(19-18-16)9-14(21)23-11-4-2-3-5-11/h10-11H,2-9H2,1H3/t10-/m1/s1. The van der Waals surface area contributed by atoms with E-state index in [2.05, 4.69) is 17.2 Å². The van der Waals surface area contributed by atoms with E-state index >= 15 is 0 Å². The van der Waals surface area contributed by atoms with Crippen molar-refractivity contribution in [3.05, 3.63) is 20.8 Å². The third-order valence-electron chi connectivity index (χ3n) is 5.06. The number of nitrogens with zero attached hydrogens (tertiary/aromatic N) is 3. The molecule has 0 saturated heterocycles. The molecule has 1 atom stereocenters. The molecule has 6 nitrogen and oxygen atoms in total. The SMILES string of the molecule is C[C@@H]1CCc2c(sc3nnn(CC(=O)OC4CCCC4)c(=O)c23)C1. The van der Waals surface area contributed by atoms with Crippen LogP contribution in [0.2, 0.25) is 0 Å². The van der Waals surface area contributed by atoms with Crippen molar-refractivity contribution in [2.45, 2.75) is 64.5 Å². The largest absolute Gasteiger partial charge is 0.461 e. The van der Waals surface area contributed by atoms with Crippen molar-refractivity contribution in [1.29, 1.82) is 0 Å². The summed E-state index contributed by atoms with van der Waals surface area (Å²) in [6, 6.07) is 0. The molecule has 128 valence electrons. The smallest absolute Gasteiger partial charge is 0.328 e. The molecule has 0 N–H and O–H groups in total. The van der Waals surface area contributed by atoms with Crippen LogP contribution in [0.3, 0.4) is 0 Å². The lowest BCUT2D eigenvalue weighted by molar-refractivity contribution is -0.149. The molecule has 0 aliphatic heterocycles. The molecule has 0 bridgehead atoms. The van der Waals surface area contributed by atoms with Crippen LogP contribution >= 0.6 is 11.3 Å². The third kappa shape index (κ3) is 2.85. The number of thiophene rings is 1. The van der Waals surface area contributed by atoms with Gasteiger partial charge in [0.05, 0.1) is 5.39 Å². The Kier molecular flexibility index (Phi) is 4.12. The maximum Gasteiger partial charge on any atom is 0.328 e. The van der Waals surface area contributed by atoms with E-state index in [9.17, 15) is 9.59 Å². The van der Waals surface area contributed by atoms with Gasteiger partial charge in [0.1, 0.15) is 12.6 Å². The Morgan fingerprint density at radius 1 is 1.33 bits per heavy atom. The van der Waals surface area contributed by atoms with Crippen molar-refractivity contribution in [1.82, 2.24) is 15.0 Å². The Hall–Kier alpha value is -1.76. The van der Waals surface area contributed by atoms with Crippen molar-refractivity contribution in [2.75, 3.05) is 0 Å². The van der Waals surface area contributed by atoms with Crippen LogP contribution in [0.25, 0.3) is 10.2 Å². The molecule has 2 heterocycles. The predicted molar refractivity (Wildman–Crippen MR) is 91.2 cm³/mol. The number of rotatable bonds is 3. The van der Waals surface area contributed by atoms with Gasteiger partial charge in [-0.25, -0.2) is 0 Å². The van der Waals surface area contributed by atoms with E-state index in [-0.39, 0.29) is 18.2 Å².